The average molecular weight is 475 g/mol. The molecule has 34 heavy (non-hydrogen) atoms. The Kier molecular flexibility index (Phi) is 5.34. The molecule has 0 heterocycles. The Labute approximate surface area is 209 Å². The monoisotopic (exact) mass is 474 g/mol. The molecule has 0 aromatic heterocycles. The Morgan fingerprint density at radius 1 is 0.324 bits per heavy atom. The fourth-order valence-electron chi connectivity index (χ4n) is 4.66. The second-order valence-electron chi connectivity index (χ2n) is 8.50. The fourth-order valence-corrected chi connectivity index (χ4v) is 4.91. The Hall–Kier alpha value is -3.58. The van der Waals surface area contributed by atoms with E-state index in [0.29, 0.717) is 0 Å². The van der Waals surface area contributed by atoms with Crippen LogP contribution in [0.4, 0.5) is 0 Å². The summed E-state index contributed by atoms with van der Waals surface area (Å²) in [6.45, 7) is 0. The molecule has 0 fully saturated rings. The third-order valence-corrected chi connectivity index (χ3v) is 6.88. The van der Waals surface area contributed by atoms with Gasteiger partial charge in [-0.05, 0) is 103 Å². The van der Waals surface area contributed by atoms with E-state index >= 15 is 0 Å². The maximum Gasteiger partial charge on any atom is 0.0406 e. The molecule has 0 nitrogen and oxygen atoms in total. The third kappa shape index (κ3) is 3.86. The SMILES string of the molecule is Clc1ccc(-c2cc3ccccc3cc2-c2cc3ccccc3cc2-c2ccc(Cl)cc2)cc1. The lowest BCUT2D eigenvalue weighted by molar-refractivity contribution is 1.59. The van der Waals surface area contributed by atoms with Crippen LogP contribution in [-0.2, 0) is 0 Å². The van der Waals surface area contributed by atoms with E-state index in [2.05, 4.69) is 97.1 Å². The minimum absolute atomic E-state index is 0.735. The van der Waals surface area contributed by atoms with Crippen LogP contribution in [0.5, 0.6) is 0 Å². The van der Waals surface area contributed by atoms with Crippen molar-refractivity contribution < 1.29 is 0 Å². The van der Waals surface area contributed by atoms with E-state index in [1.165, 1.54) is 43.8 Å². The van der Waals surface area contributed by atoms with Crippen molar-refractivity contribution in [1.82, 2.24) is 0 Å². The van der Waals surface area contributed by atoms with E-state index in [4.69, 9.17) is 23.2 Å². The largest absolute Gasteiger partial charge is 0.0843 e. The van der Waals surface area contributed by atoms with E-state index in [0.717, 1.165) is 21.2 Å². The molecule has 0 atom stereocenters. The number of fused-ring (bicyclic) bond motifs is 2. The van der Waals surface area contributed by atoms with Gasteiger partial charge in [0.15, 0.2) is 0 Å². The highest BCUT2D eigenvalue weighted by molar-refractivity contribution is 6.31. The molecule has 0 saturated carbocycles. The summed E-state index contributed by atoms with van der Waals surface area (Å²) in [6, 6.07) is 42.4. The summed E-state index contributed by atoms with van der Waals surface area (Å²) in [6.07, 6.45) is 0. The van der Waals surface area contributed by atoms with E-state index in [9.17, 15) is 0 Å². The molecule has 6 rings (SSSR count). The van der Waals surface area contributed by atoms with Crippen molar-refractivity contribution in [3.63, 3.8) is 0 Å². The van der Waals surface area contributed by atoms with Gasteiger partial charge < -0.3 is 0 Å². The van der Waals surface area contributed by atoms with Crippen LogP contribution < -0.4 is 0 Å². The normalized spacial score (nSPS) is 11.2. The predicted molar refractivity (Wildman–Crippen MR) is 148 cm³/mol. The van der Waals surface area contributed by atoms with Crippen LogP contribution >= 0.6 is 23.2 Å². The van der Waals surface area contributed by atoms with Crippen LogP contribution in [0, 0.1) is 0 Å². The van der Waals surface area contributed by atoms with Crippen molar-refractivity contribution in [1.29, 1.82) is 0 Å². The van der Waals surface area contributed by atoms with Gasteiger partial charge in [-0.3, -0.25) is 0 Å². The number of rotatable bonds is 3. The summed E-state index contributed by atoms with van der Waals surface area (Å²) >= 11 is 12.4. The van der Waals surface area contributed by atoms with Crippen molar-refractivity contribution in [3.8, 4) is 33.4 Å². The predicted octanol–water partition coefficient (Wildman–Crippen LogP) is 10.3. The highest BCUT2D eigenvalue weighted by Gasteiger charge is 2.15. The molecule has 0 amide bonds. The van der Waals surface area contributed by atoms with Gasteiger partial charge in [-0.1, -0.05) is 96.0 Å². The van der Waals surface area contributed by atoms with Crippen LogP contribution in [0.1, 0.15) is 0 Å². The molecule has 6 aromatic carbocycles. The summed E-state index contributed by atoms with van der Waals surface area (Å²) in [5.74, 6) is 0. The third-order valence-electron chi connectivity index (χ3n) is 6.37. The Morgan fingerprint density at radius 3 is 0.941 bits per heavy atom. The Morgan fingerprint density at radius 2 is 0.618 bits per heavy atom. The van der Waals surface area contributed by atoms with Gasteiger partial charge in [0.2, 0.25) is 0 Å². The maximum atomic E-state index is 6.22. The van der Waals surface area contributed by atoms with Gasteiger partial charge in [0.1, 0.15) is 0 Å². The topological polar surface area (TPSA) is 0 Å². The molecule has 0 radical (unpaired) electrons. The first kappa shape index (κ1) is 21.0. The number of hydrogen-bond donors (Lipinski definition) is 0. The zero-order valence-electron chi connectivity index (χ0n) is 18.3. The summed E-state index contributed by atoms with van der Waals surface area (Å²) in [5.41, 5.74) is 7.02. The van der Waals surface area contributed by atoms with E-state index in [1.54, 1.807) is 0 Å². The molecule has 0 spiro atoms. The Bertz CT molecular complexity index is 1520. The summed E-state index contributed by atoms with van der Waals surface area (Å²) < 4.78 is 0. The van der Waals surface area contributed by atoms with E-state index < -0.39 is 0 Å². The van der Waals surface area contributed by atoms with Gasteiger partial charge in [0, 0.05) is 10.0 Å². The van der Waals surface area contributed by atoms with Crippen molar-refractivity contribution in [2.75, 3.05) is 0 Å². The fraction of sp³-hybridized carbons (Fsp3) is 0. The highest BCUT2D eigenvalue weighted by Crippen LogP contribution is 2.42. The minimum atomic E-state index is 0.735. The van der Waals surface area contributed by atoms with Crippen LogP contribution in [0.3, 0.4) is 0 Å². The molecule has 0 unspecified atom stereocenters. The zero-order valence-corrected chi connectivity index (χ0v) is 19.8. The number of halogens is 2. The number of benzene rings is 6. The summed E-state index contributed by atoms with van der Waals surface area (Å²) in [7, 11) is 0. The molecule has 0 aliphatic carbocycles. The van der Waals surface area contributed by atoms with Gasteiger partial charge in [0.25, 0.3) is 0 Å². The lowest BCUT2D eigenvalue weighted by atomic mass is 9.86. The average Bonchev–Trinajstić information content (AvgIpc) is 2.88. The first-order chi connectivity index (χ1) is 16.7. The molecular formula is C32H20Cl2. The lowest BCUT2D eigenvalue weighted by Crippen LogP contribution is -1.91. The molecule has 0 aliphatic rings. The number of hydrogen-bond acceptors (Lipinski definition) is 0. The molecule has 6 aromatic rings. The molecule has 0 aliphatic heterocycles. The maximum absolute atomic E-state index is 6.22. The smallest absolute Gasteiger partial charge is 0.0406 e. The van der Waals surface area contributed by atoms with Gasteiger partial charge in [-0.25, -0.2) is 0 Å². The Balaban J connectivity index is 1.71. The molecule has 2 heteroatoms. The van der Waals surface area contributed by atoms with Gasteiger partial charge >= 0.3 is 0 Å². The summed E-state index contributed by atoms with van der Waals surface area (Å²) in [5, 5.41) is 6.32. The standard InChI is InChI=1S/C32H20Cl2/c33-27-13-9-21(10-14-27)29-17-23-5-1-3-7-25(23)19-31(29)32-20-26-8-4-2-6-24(26)18-30(32)22-11-15-28(34)16-12-22/h1-20H. The second-order valence-corrected chi connectivity index (χ2v) is 9.38. The highest BCUT2D eigenvalue weighted by atomic mass is 35.5. The zero-order chi connectivity index (χ0) is 23.1. The molecular weight excluding hydrogens is 455 g/mol. The molecule has 162 valence electrons. The van der Waals surface area contributed by atoms with E-state index in [1.807, 2.05) is 24.3 Å². The van der Waals surface area contributed by atoms with Crippen LogP contribution in [0.25, 0.3) is 54.9 Å². The van der Waals surface area contributed by atoms with Gasteiger partial charge in [-0.15, -0.1) is 0 Å². The van der Waals surface area contributed by atoms with Crippen molar-refractivity contribution in [2.24, 2.45) is 0 Å². The summed E-state index contributed by atoms with van der Waals surface area (Å²) in [4.78, 5) is 0. The second kappa shape index (κ2) is 8.65. The van der Waals surface area contributed by atoms with Crippen LogP contribution in [-0.4, -0.2) is 0 Å². The van der Waals surface area contributed by atoms with Crippen LogP contribution in [0.15, 0.2) is 121 Å². The molecule has 0 N–H and O–H groups in total. The van der Waals surface area contributed by atoms with Crippen LogP contribution in [0.2, 0.25) is 10.0 Å². The van der Waals surface area contributed by atoms with Gasteiger partial charge in [-0.2, -0.15) is 0 Å². The van der Waals surface area contributed by atoms with Crippen molar-refractivity contribution >= 4 is 44.7 Å². The minimum Gasteiger partial charge on any atom is -0.0843 e. The molecule has 0 saturated heterocycles. The van der Waals surface area contributed by atoms with Crippen molar-refractivity contribution in [2.45, 2.75) is 0 Å². The van der Waals surface area contributed by atoms with E-state index in [-0.39, 0.29) is 0 Å². The lowest BCUT2D eigenvalue weighted by Gasteiger charge is -2.18. The van der Waals surface area contributed by atoms with Gasteiger partial charge in [0.05, 0.1) is 0 Å². The van der Waals surface area contributed by atoms with Crippen molar-refractivity contribution in [3.05, 3.63) is 131 Å². The molecule has 0 bridgehead atoms. The quantitative estimate of drug-likeness (QED) is 0.239. The first-order valence-electron chi connectivity index (χ1n) is 11.2. The first-order valence-corrected chi connectivity index (χ1v) is 12.0.